The van der Waals surface area contributed by atoms with Gasteiger partial charge in [-0.05, 0) is 80.6 Å². The van der Waals surface area contributed by atoms with E-state index in [9.17, 15) is 24.4 Å². The van der Waals surface area contributed by atoms with Crippen molar-refractivity contribution in [3.05, 3.63) is 82.9 Å². The highest BCUT2D eigenvalue weighted by Gasteiger charge is 2.44. The van der Waals surface area contributed by atoms with Gasteiger partial charge in [0.25, 0.3) is 11.8 Å². The van der Waals surface area contributed by atoms with E-state index >= 15 is 0 Å². The average molecular weight is 678 g/mol. The molecule has 2 aromatic heterocycles. The van der Waals surface area contributed by atoms with Crippen LogP contribution in [-0.4, -0.2) is 63.6 Å². The summed E-state index contributed by atoms with van der Waals surface area (Å²) in [6.07, 6.45) is 4.01. The van der Waals surface area contributed by atoms with Crippen molar-refractivity contribution in [2.24, 2.45) is 0 Å². The van der Waals surface area contributed by atoms with Crippen molar-refractivity contribution in [3.63, 3.8) is 0 Å². The predicted octanol–water partition coefficient (Wildman–Crippen LogP) is 6.05. The number of amides is 5. The second-order valence-corrected chi connectivity index (χ2v) is 13.3. The number of para-hydroxylation sites is 1. The number of carboxylic acid groups (broad SMARTS) is 1. The number of urea groups is 1. The summed E-state index contributed by atoms with van der Waals surface area (Å²) in [6.45, 7) is 2.47. The minimum atomic E-state index is -1.22. The maximum atomic E-state index is 13.7. The Labute approximate surface area is 284 Å². The third-order valence-corrected chi connectivity index (χ3v) is 9.90. The van der Waals surface area contributed by atoms with Crippen LogP contribution in [-0.2, 0) is 4.79 Å². The number of ether oxygens (including phenoxy) is 1. The average Bonchev–Trinajstić information content (AvgIpc) is 3.73. The molecule has 4 N–H and O–H groups in total. The number of aromatic nitrogens is 1. The van der Waals surface area contributed by atoms with Crippen LogP contribution in [0.3, 0.4) is 0 Å². The molecule has 49 heavy (non-hydrogen) atoms. The van der Waals surface area contributed by atoms with Gasteiger partial charge < -0.3 is 30.7 Å². The Hall–Kier alpha value is -5.94. The molecule has 1 aliphatic carbocycles. The van der Waals surface area contributed by atoms with Crippen LogP contribution in [0.5, 0.6) is 11.5 Å². The van der Waals surface area contributed by atoms with Crippen LogP contribution in [0.1, 0.15) is 40.9 Å². The quantitative estimate of drug-likeness (QED) is 0.129. The SMILES string of the molecule is Cc1cc(Oc2ccccc2)ccc1N1C(=O)Nc2c(C(=O)NC3CCCN(C(=O)/C(C#N)=C/C4(NC(=O)O)CC4)C3)sc3nccc1c23. The summed E-state index contributed by atoms with van der Waals surface area (Å²) in [4.78, 5) is 60.3. The molecule has 1 saturated carbocycles. The first-order valence-electron chi connectivity index (χ1n) is 15.7. The Morgan fingerprint density at radius 3 is 2.65 bits per heavy atom. The largest absolute Gasteiger partial charge is 0.465 e. The summed E-state index contributed by atoms with van der Waals surface area (Å²) < 4.78 is 5.97. The third kappa shape index (κ3) is 6.23. The minimum Gasteiger partial charge on any atom is -0.465 e. The molecular weight excluding hydrogens is 646 g/mol. The van der Waals surface area contributed by atoms with Crippen LogP contribution < -0.4 is 25.6 Å². The zero-order valence-electron chi connectivity index (χ0n) is 26.4. The minimum absolute atomic E-state index is 0.133. The number of anilines is 3. The van der Waals surface area contributed by atoms with Crippen molar-refractivity contribution in [1.82, 2.24) is 20.5 Å². The molecule has 3 aliphatic rings. The van der Waals surface area contributed by atoms with Crippen molar-refractivity contribution in [3.8, 4) is 17.6 Å². The van der Waals surface area contributed by atoms with Gasteiger partial charge in [-0.25, -0.2) is 14.6 Å². The van der Waals surface area contributed by atoms with Crippen LogP contribution in [0, 0.1) is 18.3 Å². The first-order valence-corrected chi connectivity index (χ1v) is 16.6. The zero-order valence-corrected chi connectivity index (χ0v) is 27.2. The number of hydrogen-bond acceptors (Lipinski definition) is 8. The Balaban J connectivity index is 1.10. The van der Waals surface area contributed by atoms with Crippen molar-refractivity contribution >= 4 is 62.6 Å². The number of carbonyl (C=O) groups is 4. The lowest BCUT2D eigenvalue weighted by Crippen LogP contribution is -2.50. The number of thiophene rings is 1. The molecule has 0 spiro atoms. The highest BCUT2D eigenvalue weighted by Crippen LogP contribution is 2.46. The van der Waals surface area contributed by atoms with Gasteiger partial charge in [0.15, 0.2) is 0 Å². The van der Waals surface area contributed by atoms with Crippen molar-refractivity contribution < 1.29 is 29.0 Å². The van der Waals surface area contributed by atoms with Crippen LogP contribution in [0.15, 0.2) is 72.4 Å². The molecule has 2 aromatic carbocycles. The molecular formula is C35H31N7O6S. The summed E-state index contributed by atoms with van der Waals surface area (Å²) in [6, 6.07) is 17.7. The second-order valence-electron chi connectivity index (χ2n) is 12.3. The Morgan fingerprint density at radius 1 is 1.14 bits per heavy atom. The lowest BCUT2D eigenvalue weighted by molar-refractivity contribution is -0.128. The lowest BCUT2D eigenvalue weighted by Gasteiger charge is -2.33. The number of nitrogens with zero attached hydrogens (tertiary/aromatic N) is 4. The van der Waals surface area contributed by atoms with Crippen LogP contribution in [0.4, 0.5) is 26.7 Å². The van der Waals surface area contributed by atoms with Gasteiger partial charge in [0, 0.05) is 25.3 Å². The van der Waals surface area contributed by atoms with Crippen molar-refractivity contribution in [1.29, 1.82) is 5.26 Å². The zero-order chi connectivity index (χ0) is 34.3. The molecule has 5 amide bonds. The van der Waals surface area contributed by atoms with Gasteiger partial charge in [-0.3, -0.25) is 14.5 Å². The number of nitrogens with one attached hydrogen (secondary N) is 3. The van der Waals surface area contributed by atoms with Crippen LogP contribution >= 0.6 is 11.3 Å². The summed E-state index contributed by atoms with van der Waals surface area (Å²) in [5.74, 6) is 0.412. The maximum absolute atomic E-state index is 13.7. The fourth-order valence-corrected chi connectivity index (χ4v) is 7.34. The number of hydrogen-bond donors (Lipinski definition) is 4. The molecule has 2 fully saturated rings. The van der Waals surface area contributed by atoms with E-state index in [0.29, 0.717) is 75.9 Å². The Morgan fingerprint density at radius 2 is 1.94 bits per heavy atom. The number of aryl methyl sites for hydroxylation is 1. The molecule has 0 bridgehead atoms. The summed E-state index contributed by atoms with van der Waals surface area (Å²) in [5.41, 5.74) is 1.40. The molecule has 1 saturated heterocycles. The number of likely N-dealkylation sites (tertiary alicyclic amines) is 1. The maximum Gasteiger partial charge on any atom is 0.405 e. The Bertz CT molecular complexity index is 2080. The van der Waals surface area contributed by atoms with E-state index in [4.69, 9.17) is 9.84 Å². The van der Waals surface area contributed by atoms with E-state index in [2.05, 4.69) is 20.9 Å². The standard InChI is InChI=1S/C35H31N7O6S/c1-20-16-24(48-23-7-3-2-4-8-23)9-10-25(20)42-26-11-14-37-31-27(26)28(39-33(42)45)29(49-31)30(43)38-22-6-5-15-41(19-22)32(44)21(18-36)17-35(12-13-35)40-34(46)47/h2-4,7-11,14,16-17,22,40H,5-6,12-13,15,19H2,1H3,(H,38,43)(H,39,45)(H,46,47)/b21-17+. The van der Waals surface area contributed by atoms with E-state index in [1.165, 1.54) is 22.3 Å². The monoisotopic (exact) mass is 677 g/mol. The van der Waals surface area contributed by atoms with Gasteiger partial charge in [-0.1, -0.05) is 18.2 Å². The number of piperidine rings is 1. The fourth-order valence-electron chi connectivity index (χ4n) is 6.32. The molecule has 4 heterocycles. The van der Waals surface area contributed by atoms with E-state index in [1.807, 2.05) is 55.5 Å². The number of pyridine rings is 1. The topological polar surface area (TPSA) is 177 Å². The van der Waals surface area contributed by atoms with E-state index in [-0.39, 0.29) is 12.1 Å². The van der Waals surface area contributed by atoms with Gasteiger partial charge in [0.1, 0.15) is 32.8 Å². The van der Waals surface area contributed by atoms with Gasteiger partial charge in [-0.2, -0.15) is 5.26 Å². The first kappa shape index (κ1) is 31.6. The van der Waals surface area contributed by atoms with Gasteiger partial charge in [0.05, 0.1) is 28.0 Å². The summed E-state index contributed by atoms with van der Waals surface area (Å²) >= 11 is 1.17. The smallest absolute Gasteiger partial charge is 0.405 e. The third-order valence-electron chi connectivity index (χ3n) is 8.80. The number of nitriles is 1. The van der Waals surface area contributed by atoms with Crippen LogP contribution in [0.2, 0.25) is 0 Å². The molecule has 248 valence electrons. The highest BCUT2D eigenvalue weighted by atomic mass is 32.1. The highest BCUT2D eigenvalue weighted by molar-refractivity contribution is 7.21. The van der Waals surface area contributed by atoms with Gasteiger partial charge in [-0.15, -0.1) is 11.3 Å². The fraction of sp³-hybridized carbons (Fsp3) is 0.257. The number of benzene rings is 2. The summed E-state index contributed by atoms with van der Waals surface area (Å²) in [5, 5.41) is 27.8. The second kappa shape index (κ2) is 12.6. The van der Waals surface area contributed by atoms with E-state index in [1.54, 1.807) is 23.2 Å². The molecule has 1 unspecified atom stereocenters. The molecule has 0 radical (unpaired) electrons. The molecule has 13 nitrogen and oxygen atoms in total. The number of carbonyl (C=O) groups excluding carboxylic acids is 3. The Kier molecular flexibility index (Phi) is 8.13. The normalized spacial score (nSPS) is 17.9. The molecule has 1 atom stereocenters. The van der Waals surface area contributed by atoms with Crippen molar-refractivity contribution in [2.45, 2.75) is 44.2 Å². The molecule has 2 aliphatic heterocycles. The first-order chi connectivity index (χ1) is 23.6. The number of rotatable bonds is 8. The molecule has 14 heteroatoms. The van der Waals surface area contributed by atoms with Gasteiger partial charge in [0.2, 0.25) is 0 Å². The van der Waals surface area contributed by atoms with E-state index in [0.717, 1.165) is 5.56 Å². The van der Waals surface area contributed by atoms with E-state index < -0.39 is 35.5 Å². The molecule has 7 rings (SSSR count). The lowest BCUT2D eigenvalue weighted by atomic mass is 10.0. The molecule has 4 aromatic rings. The predicted molar refractivity (Wildman–Crippen MR) is 182 cm³/mol. The van der Waals surface area contributed by atoms with Crippen LogP contribution in [0.25, 0.3) is 10.2 Å². The van der Waals surface area contributed by atoms with Crippen molar-refractivity contribution in [2.75, 3.05) is 23.3 Å². The van der Waals surface area contributed by atoms with Gasteiger partial charge >= 0.3 is 12.1 Å². The summed E-state index contributed by atoms with van der Waals surface area (Å²) in [7, 11) is 0.